The third-order valence-electron chi connectivity index (χ3n) is 3.43. The third-order valence-corrected chi connectivity index (χ3v) is 3.43. The van der Waals surface area contributed by atoms with Gasteiger partial charge in [-0.25, -0.2) is 0 Å². The van der Waals surface area contributed by atoms with Gasteiger partial charge in [-0.3, -0.25) is 4.79 Å². The molecule has 0 saturated carbocycles. The van der Waals surface area contributed by atoms with Gasteiger partial charge in [0, 0.05) is 6.42 Å². The van der Waals surface area contributed by atoms with Crippen molar-refractivity contribution in [2.45, 2.75) is 64.8 Å². The molecule has 1 aromatic rings. The Balaban J connectivity index is 2.14. The average Bonchev–Trinajstić information content (AvgIpc) is 2.43. The van der Waals surface area contributed by atoms with E-state index < -0.39 is 0 Å². The van der Waals surface area contributed by atoms with Crippen LogP contribution in [0.5, 0.6) is 0 Å². The molecule has 0 radical (unpaired) electrons. The quantitative estimate of drug-likeness (QED) is 0.646. The Hall–Kier alpha value is -1.31. The molecule has 0 aliphatic carbocycles. The maximum Gasteiger partial charge on any atom is 0.220 e. The fourth-order valence-electron chi connectivity index (χ4n) is 2.20. The summed E-state index contributed by atoms with van der Waals surface area (Å²) in [6, 6.07) is 10.2. The fourth-order valence-corrected chi connectivity index (χ4v) is 2.20. The molecule has 1 rings (SSSR count). The smallest absolute Gasteiger partial charge is 0.220 e. The van der Waals surface area contributed by atoms with Crippen LogP contribution in [0.1, 0.15) is 70.4 Å². The first kappa shape index (κ1) is 15.7. The van der Waals surface area contributed by atoms with E-state index >= 15 is 0 Å². The average molecular weight is 261 g/mol. The normalized spacial score (nSPS) is 12.1. The van der Waals surface area contributed by atoms with Gasteiger partial charge in [-0.2, -0.15) is 0 Å². The lowest BCUT2D eigenvalue weighted by atomic mass is 10.1. The van der Waals surface area contributed by atoms with Gasteiger partial charge in [0.25, 0.3) is 0 Å². The van der Waals surface area contributed by atoms with Crippen molar-refractivity contribution in [1.82, 2.24) is 5.32 Å². The first-order valence-corrected chi connectivity index (χ1v) is 7.58. The molecular weight excluding hydrogens is 234 g/mol. The summed E-state index contributed by atoms with van der Waals surface area (Å²) in [5.41, 5.74) is 1.17. The van der Waals surface area contributed by atoms with Crippen LogP contribution >= 0.6 is 0 Å². The molecule has 0 saturated heterocycles. The standard InChI is InChI=1S/C17H27NO/c1-3-4-5-6-7-11-14-17(19)18-15(2)16-12-9-8-10-13-16/h8-10,12-13,15H,3-7,11,14H2,1-2H3,(H,18,19). The Morgan fingerprint density at radius 3 is 2.37 bits per heavy atom. The minimum absolute atomic E-state index is 0.105. The lowest BCUT2D eigenvalue weighted by molar-refractivity contribution is -0.121. The Bertz CT molecular complexity index is 348. The third kappa shape index (κ3) is 7.00. The molecule has 0 heterocycles. The van der Waals surface area contributed by atoms with Crippen molar-refractivity contribution in [2.24, 2.45) is 0 Å². The van der Waals surface area contributed by atoms with Gasteiger partial charge in [-0.05, 0) is 18.9 Å². The monoisotopic (exact) mass is 261 g/mol. The first-order valence-electron chi connectivity index (χ1n) is 7.58. The zero-order valence-electron chi connectivity index (χ0n) is 12.3. The maximum absolute atomic E-state index is 11.8. The molecule has 1 unspecified atom stereocenters. The molecule has 1 amide bonds. The van der Waals surface area contributed by atoms with Crippen LogP contribution in [0.25, 0.3) is 0 Å². The van der Waals surface area contributed by atoms with Crippen molar-refractivity contribution < 1.29 is 4.79 Å². The van der Waals surface area contributed by atoms with E-state index in [4.69, 9.17) is 0 Å². The number of benzene rings is 1. The summed E-state index contributed by atoms with van der Waals surface area (Å²) >= 11 is 0. The summed E-state index contributed by atoms with van der Waals surface area (Å²) in [6.07, 6.45) is 7.99. The SMILES string of the molecule is CCCCCCCCC(=O)NC(C)c1ccccc1. The second-order valence-electron chi connectivity index (χ2n) is 5.22. The molecular formula is C17H27NO. The molecule has 19 heavy (non-hydrogen) atoms. The van der Waals surface area contributed by atoms with Crippen LogP contribution in [0.4, 0.5) is 0 Å². The van der Waals surface area contributed by atoms with Crippen LogP contribution < -0.4 is 5.32 Å². The van der Waals surface area contributed by atoms with E-state index in [1.807, 2.05) is 25.1 Å². The van der Waals surface area contributed by atoms with Crippen molar-refractivity contribution in [1.29, 1.82) is 0 Å². The van der Waals surface area contributed by atoms with E-state index in [1.165, 1.54) is 37.7 Å². The zero-order chi connectivity index (χ0) is 13.9. The van der Waals surface area contributed by atoms with Gasteiger partial charge < -0.3 is 5.32 Å². The predicted molar refractivity (Wildman–Crippen MR) is 81.0 cm³/mol. The Morgan fingerprint density at radius 2 is 1.68 bits per heavy atom. The van der Waals surface area contributed by atoms with Crippen LogP contribution in [0.3, 0.4) is 0 Å². The van der Waals surface area contributed by atoms with Crippen LogP contribution in [0, 0.1) is 0 Å². The number of hydrogen-bond donors (Lipinski definition) is 1. The number of rotatable bonds is 9. The number of hydrogen-bond acceptors (Lipinski definition) is 1. The van der Waals surface area contributed by atoms with E-state index in [0.717, 1.165) is 6.42 Å². The first-order chi connectivity index (χ1) is 9.24. The molecule has 0 aromatic heterocycles. The number of amides is 1. The summed E-state index contributed by atoms with van der Waals surface area (Å²) in [5, 5.41) is 3.06. The Kier molecular flexibility index (Phi) is 7.95. The summed E-state index contributed by atoms with van der Waals surface area (Å²) in [5.74, 6) is 0.173. The minimum Gasteiger partial charge on any atom is -0.350 e. The highest BCUT2D eigenvalue weighted by Crippen LogP contribution is 2.12. The van der Waals surface area contributed by atoms with E-state index in [9.17, 15) is 4.79 Å². The van der Waals surface area contributed by atoms with Crippen molar-refractivity contribution in [3.63, 3.8) is 0 Å². The van der Waals surface area contributed by atoms with Crippen LogP contribution in [-0.2, 0) is 4.79 Å². The summed E-state index contributed by atoms with van der Waals surface area (Å²) < 4.78 is 0. The van der Waals surface area contributed by atoms with Gasteiger partial charge in [0.1, 0.15) is 0 Å². The van der Waals surface area contributed by atoms with Crippen LogP contribution in [-0.4, -0.2) is 5.91 Å². The number of unbranched alkanes of at least 4 members (excludes halogenated alkanes) is 5. The molecule has 0 bridgehead atoms. The van der Waals surface area contributed by atoms with Crippen molar-refractivity contribution >= 4 is 5.91 Å². The van der Waals surface area contributed by atoms with Crippen LogP contribution in [0.15, 0.2) is 30.3 Å². The van der Waals surface area contributed by atoms with E-state index in [0.29, 0.717) is 6.42 Å². The van der Waals surface area contributed by atoms with Gasteiger partial charge in [0.05, 0.1) is 6.04 Å². The molecule has 1 aromatic carbocycles. The second-order valence-corrected chi connectivity index (χ2v) is 5.22. The van der Waals surface area contributed by atoms with Crippen LogP contribution in [0.2, 0.25) is 0 Å². The summed E-state index contributed by atoms with van der Waals surface area (Å²) in [6.45, 7) is 4.26. The number of carbonyl (C=O) groups excluding carboxylic acids is 1. The topological polar surface area (TPSA) is 29.1 Å². The molecule has 0 aliphatic heterocycles. The highest BCUT2D eigenvalue weighted by atomic mass is 16.1. The summed E-state index contributed by atoms with van der Waals surface area (Å²) in [7, 11) is 0. The Labute approximate surface area is 117 Å². The zero-order valence-corrected chi connectivity index (χ0v) is 12.3. The lowest BCUT2D eigenvalue weighted by Gasteiger charge is -2.14. The van der Waals surface area contributed by atoms with Gasteiger partial charge >= 0.3 is 0 Å². The van der Waals surface area contributed by atoms with Crippen molar-refractivity contribution in [3.8, 4) is 0 Å². The minimum atomic E-state index is 0.105. The van der Waals surface area contributed by atoms with E-state index in [-0.39, 0.29) is 11.9 Å². The molecule has 106 valence electrons. The predicted octanol–water partition coefficient (Wildman–Crippen LogP) is 4.61. The number of carbonyl (C=O) groups is 1. The van der Waals surface area contributed by atoms with Gasteiger partial charge in [-0.15, -0.1) is 0 Å². The molecule has 2 nitrogen and oxygen atoms in total. The molecule has 0 spiro atoms. The number of nitrogens with one attached hydrogen (secondary N) is 1. The van der Waals surface area contributed by atoms with E-state index in [2.05, 4.69) is 24.4 Å². The maximum atomic E-state index is 11.8. The molecule has 2 heteroatoms. The largest absolute Gasteiger partial charge is 0.350 e. The molecule has 1 atom stereocenters. The highest BCUT2D eigenvalue weighted by molar-refractivity contribution is 5.76. The van der Waals surface area contributed by atoms with Crippen molar-refractivity contribution in [2.75, 3.05) is 0 Å². The van der Waals surface area contributed by atoms with Gasteiger partial charge in [0.15, 0.2) is 0 Å². The second kappa shape index (κ2) is 9.60. The highest BCUT2D eigenvalue weighted by Gasteiger charge is 2.08. The summed E-state index contributed by atoms with van der Waals surface area (Å²) in [4.78, 5) is 11.8. The fraction of sp³-hybridized carbons (Fsp3) is 0.588. The lowest BCUT2D eigenvalue weighted by Crippen LogP contribution is -2.26. The van der Waals surface area contributed by atoms with E-state index in [1.54, 1.807) is 0 Å². The molecule has 1 N–H and O–H groups in total. The Morgan fingerprint density at radius 1 is 1.05 bits per heavy atom. The van der Waals surface area contributed by atoms with Gasteiger partial charge in [-0.1, -0.05) is 69.4 Å². The van der Waals surface area contributed by atoms with Gasteiger partial charge in [0.2, 0.25) is 5.91 Å². The molecule has 0 aliphatic rings. The van der Waals surface area contributed by atoms with Crippen molar-refractivity contribution in [3.05, 3.63) is 35.9 Å². The molecule has 0 fully saturated rings.